The normalized spacial score (nSPS) is 12.1. The molecule has 0 amide bonds. The maximum Gasteiger partial charge on any atom is 0.296 e. The topological polar surface area (TPSA) is 160 Å². The molecule has 2 aromatic rings. The van der Waals surface area contributed by atoms with E-state index in [4.69, 9.17) is 14.9 Å². The first-order valence-electron chi connectivity index (χ1n) is 11.2. The van der Waals surface area contributed by atoms with Gasteiger partial charge in [0.05, 0.1) is 9.82 Å². The number of azo groups is 1. The summed E-state index contributed by atoms with van der Waals surface area (Å²) >= 11 is 0. The van der Waals surface area contributed by atoms with Gasteiger partial charge in [-0.3, -0.25) is 15.5 Å². The van der Waals surface area contributed by atoms with Gasteiger partial charge in [0.15, 0.2) is 18.4 Å². The molecule has 0 saturated heterocycles. The average molecular weight is 519 g/mol. The Morgan fingerprint density at radius 2 is 1.86 bits per heavy atom. The third-order valence-corrected chi connectivity index (χ3v) is 6.51. The number of sulfonamides is 1. The van der Waals surface area contributed by atoms with Gasteiger partial charge in [-0.1, -0.05) is 38.1 Å². The Hall–Kier alpha value is -3.68. The lowest BCUT2D eigenvalue weighted by atomic mass is 10.2. The standard InChI is InChI=1S/C23H30N6O6S/c1-3-28(4-2)15-7-14-25-36(32,33)20-12-10-19(11-13-20)16-35-23(17-34-18-24)27-26-21-8-5-6-9-22(21)29(30)31/h5-6,8-13,17-18,24-25H,3-4,7,14-16H2,1-2H3/b23-17+,24-18?,27-26?. The Bertz CT molecular complexity index is 1160. The second-order valence-electron chi connectivity index (χ2n) is 7.37. The summed E-state index contributed by atoms with van der Waals surface area (Å²) in [6.45, 7) is 7.12. The summed E-state index contributed by atoms with van der Waals surface area (Å²) in [5.74, 6) is -0.136. The molecule has 13 heteroatoms. The number of nitro benzene ring substituents is 1. The van der Waals surface area contributed by atoms with Crippen molar-refractivity contribution in [3.63, 3.8) is 0 Å². The molecule has 0 fully saturated rings. The summed E-state index contributed by atoms with van der Waals surface area (Å²) in [4.78, 5) is 12.9. The van der Waals surface area contributed by atoms with E-state index in [9.17, 15) is 18.5 Å². The Kier molecular flexibility index (Phi) is 11.6. The van der Waals surface area contributed by atoms with Crippen LogP contribution in [0.2, 0.25) is 0 Å². The molecule has 2 rings (SSSR count). The first kappa shape index (κ1) is 28.6. The van der Waals surface area contributed by atoms with Gasteiger partial charge in [0.1, 0.15) is 6.61 Å². The number of nitrogens with one attached hydrogen (secondary N) is 2. The second-order valence-corrected chi connectivity index (χ2v) is 9.13. The fourth-order valence-corrected chi connectivity index (χ4v) is 4.11. The molecule has 0 heterocycles. The van der Waals surface area contributed by atoms with Crippen molar-refractivity contribution in [2.24, 2.45) is 10.2 Å². The van der Waals surface area contributed by atoms with Crippen molar-refractivity contribution in [2.75, 3.05) is 26.2 Å². The maximum atomic E-state index is 12.5. The predicted molar refractivity (Wildman–Crippen MR) is 134 cm³/mol. The third kappa shape index (κ3) is 9.17. The highest BCUT2D eigenvalue weighted by atomic mass is 32.2. The van der Waals surface area contributed by atoms with Crippen LogP contribution < -0.4 is 4.72 Å². The van der Waals surface area contributed by atoms with Crippen LogP contribution in [-0.4, -0.2) is 50.8 Å². The van der Waals surface area contributed by atoms with E-state index in [1.165, 1.54) is 30.3 Å². The van der Waals surface area contributed by atoms with Gasteiger partial charge in [-0.05, 0) is 49.8 Å². The van der Waals surface area contributed by atoms with Crippen molar-refractivity contribution in [2.45, 2.75) is 31.8 Å². The van der Waals surface area contributed by atoms with E-state index in [-0.39, 0.29) is 28.8 Å². The molecule has 0 unspecified atom stereocenters. The highest BCUT2D eigenvalue weighted by Crippen LogP contribution is 2.27. The maximum absolute atomic E-state index is 12.5. The highest BCUT2D eigenvalue weighted by Gasteiger charge is 2.14. The largest absolute Gasteiger partial charge is 0.470 e. The molecule has 0 spiro atoms. The van der Waals surface area contributed by atoms with E-state index < -0.39 is 14.9 Å². The van der Waals surface area contributed by atoms with Crippen LogP contribution >= 0.6 is 0 Å². The molecule has 0 atom stereocenters. The van der Waals surface area contributed by atoms with Gasteiger partial charge >= 0.3 is 0 Å². The van der Waals surface area contributed by atoms with Crippen molar-refractivity contribution in [1.29, 1.82) is 5.41 Å². The number of rotatable bonds is 16. The van der Waals surface area contributed by atoms with Gasteiger partial charge in [0.25, 0.3) is 11.6 Å². The van der Waals surface area contributed by atoms with Crippen molar-refractivity contribution in [3.05, 3.63) is 76.4 Å². The average Bonchev–Trinajstić information content (AvgIpc) is 2.88. The van der Waals surface area contributed by atoms with Gasteiger partial charge in [0, 0.05) is 12.6 Å². The molecular formula is C23H30N6O6S. The van der Waals surface area contributed by atoms with Crippen molar-refractivity contribution in [1.82, 2.24) is 9.62 Å². The molecular weight excluding hydrogens is 488 g/mol. The minimum atomic E-state index is -3.64. The first-order chi connectivity index (χ1) is 17.3. The van der Waals surface area contributed by atoms with Crippen molar-refractivity contribution >= 4 is 27.8 Å². The van der Waals surface area contributed by atoms with Crippen molar-refractivity contribution < 1.29 is 22.8 Å². The molecule has 0 radical (unpaired) electrons. The molecule has 0 aliphatic rings. The zero-order chi connectivity index (χ0) is 26.4. The van der Waals surface area contributed by atoms with Gasteiger partial charge in [-0.25, -0.2) is 13.1 Å². The number of hydrogen-bond donors (Lipinski definition) is 2. The summed E-state index contributed by atoms with van der Waals surface area (Å²) in [6, 6.07) is 11.9. The van der Waals surface area contributed by atoms with Crippen LogP contribution in [0, 0.1) is 15.5 Å². The number of benzene rings is 2. The lowest BCUT2D eigenvalue weighted by Gasteiger charge is -2.17. The van der Waals surface area contributed by atoms with Gasteiger partial charge in [0.2, 0.25) is 10.0 Å². The Labute approximate surface area is 210 Å². The van der Waals surface area contributed by atoms with Crippen LogP contribution in [0.25, 0.3) is 0 Å². The molecule has 0 bridgehead atoms. The third-order valence-electron chi connectivity index (χ3n) is 5.03. The van der Waals surface area contributed by atoms with Crippen LogP contribution in [0.1, 0.15) is 25.8 Å². The van der Waals surface area contributed by atoms with E-state index in [1.54, 1.807) is 18.2 Å². The van der Waals surface area contributed by atoms with E-state index in [0.717, 1.165) is 25.9 Å². The molecule has 2 aromatic carbocycles. The fourth-order valence-electron chi connectivity index (χ4n) is 3.04. The minimum Gasteiger partial charge on any atom is -0.470 e. The molecule has 12 nitrogen and oxygen atoms in total. The van der Waals surface area contributed by atoms with E-state index in [2.05, 4.69) is 33.7 Å². The second kappa shape index (κ2) is 14.7. The number of ether oxygens (including phenoxy) is 2. The first-order valence-corrected chi connectivity index (χ1v) is 12.7. The monoisotopic (exact) mass is 518 g/mol. The van der Waals surface area contributed by atoms with Crippen LogP contribution in [0.5, 0.6) is 0 Å². The molecule has 0 aromatic heterocycles. The number of nitro groups is 1. The molecule has 2 N–H and O–H groups in total. The summed E-state index contributed by atoms with van der Waals surface area (Å²) in [7, 11) is -3.64. The van der Waals surface area contributed by atoms with Crippen LogP contribution in [0.3, 0.4) is 0 Å². The summed E-state index contributed by atoms with van der Waals surface area (Å²) in [6.07, 6.45) is 2.38. The van der Waals surface area contributed by atoms with E-state index >= 15 is 0 Å². The Morgan fingerprint density at radius 1 is 1.17 bits per heavy atom. The molecule has 36 heavy (non-hydrogen) atoms. The molecule has 0 saturated carbocycles. The number of hydrogen-bond acceptors (Lipinski definition) is 10. The summed E-state index contributed by atoms with van der Waals surface area (Å²) in [5, 5.41) is 25.8. The minimum absolute atomic E-state index is 0.0132. The molecule has 194 valence electrons. The zero-order valence-corrected chi connectivity index (χ0v) is 21.0. The van der Waals surface area contributed by atoms with Gasteiger partial charge in [-0.2, -0.15) is 0 Å². The zero-order valence-electron chi connectivity index (χ0n) is 20.2. The van der Waals surface area contributed by atoms with Crippen LogP contribution in [0.4, 0.5) is 11.4 Å². The quantitative estimate of drug-likeness (QED) is 0.0636. The van der Waals surface area contributed by atoms with Crippen LogP contribution in [-0.2, 0) is 26.1 Å². The van der Waals surface area contributed by atoms with Crippen molar-refractivity contribution in [3.8, 4) is 0 Å². The fraction of sp³-hybridized carbons (Fsp3) is 0.348. The predicted octanol–water partition coefficient (Wildman–Crippen LogP) is 4.33. The molecule has 0 aliphatic heterocycles. The number of nitrogens with zero attached hydrogens (tertiary/aromatic N) is 4. The number of para-hydroxylation sites is 1. The smallest absolute Gasteiger partial charge is 0.296 e. The van der Waals surface area contributed by atoms with E-state index in [0.29, 0.717) is 24.9 Å². The lowest BCUT2D eigenvalue weighted by molar-refractivity contribution is -0.384. The van der Waals surface area contributed by atoms with Gasteiger partial charge < -0.3 is 14.4 Å². The lowest BCUT2D eigenvalue weighted by Crippen LogP contribution is -2.30. The van der Waals surface area contributed by atoms with Gasteiger partial charge in [-0.15, -0.1) is 10.2 Å². The van der Waals surface area contributed by atoms with Crippen LogP contribution in [0.15, 0.2) is 75.8 Å². The van der Waals surface area contributed by atoms with E-state index in [1.807, 2.05) is 0 Å². The summed E-state index contributed by atoms with van der Waals surface area (Å²) < 4.78 is 38.0. The highest BCUT2D eigenvalue weighted by molar-refractivity contribution is 7.89. The SMILES string of the molecule is CCN(CC)CCCNS(=O)(=O)c1ccc(CO/C(=C/OC=N)N=Nc2ccccc2[N+](=O)[O-])cc1. The Balaban J connectivity index is 1.99. The summed E-state index contributed by atoms with van der Waals surface area (Å²) in [5.41, 5.74) is 0.426. The Morgan fingerprint density at radius 3 is 2.50 bits per heavy atom. The molecule has 0 aliphatic carbocycles.